The minimum absolute atomic E-state index is 0.261. The van der Waals surface area contributed by atoms with E-state index in [-0.39, 0.29) is 11.8 Å². The fraction of sp³-hybridized carbons (Fsp3) is 0.154. The van der Waals surface area contributed by atoms with Crippen molar-refractivity contribution in [1.82, 2.24) is 0 Å². The largest absolute Gasteiger partial charge is 0.273 e. The van der Waals surface area contributed by atoms with Gasteiger partial charge in [-0.1, -0.05) is 71.8 Å². The molecule has 2 fully saturated rings. The standard InChI is InChI=1S/C26H21ClN2O3/c1-17-10-13-20(14-11-17)28-25(30)23-22(15-12-18-6-5-7-19(27)16-18)29(32-24(23)26(28)31)21-8-3-2-4-9-21/h2-16,22-24H,1H3/b15-12+. The van der Waals surface area contributed by atoms with E-state index in [1.165, 1.54) is 4.90 Å². The topological polar surface area (TPSA) is 49.9 Å². The number of carbonyl (C=O) groups is 2. The molecular weight excluding hydrogens is 424 g/mol. The van der Waals surface area contributed by atoms with Gasteiger partial charge in [0, 0.05) is 5.02 Å². The van der Waals surface area contributed by atoms with Crippen LogP contribution in [0.5, 0.6) is 0 Å². The molecule has 2 aliphatic rings. The van der Waals surface area contributed by atoms with Crippen LogP contribution < -0.4 is 9.96 Å². The molecule has 3 aromatic carbocycles. The maximum Gasteiger partial charge on any atom is 0.266 e. The van der Waals surface area contributed by atoms with Gasteiger partial charge < -0.3 is 0 Å². The Morgan fingerprint density at radius 1 is 0.875 bits per heavy atom. The van der Waals surface area contributed by atoms with Crippen LogP contribution >= 0.6 is 11.6 Å². The fourth-order valence-electron chi connectivity index (χ4n) is 4.22. The summed E-state index contributed by atoms with van der Waals surface area (Å²) >= 11 is 6.12. The van der Waals surface area contributed by atoms with Crippen LogP contribution in [0.1, 0.15) is 11.1 Å². The molecule has 0 aliphatic carbocycles. The summed E-state index contributed by atoms with van der Waals surface area (Å²) in [7, 11) is 0. The Bertz CT molecular complexity index is 1190. The zero-order valence-electron chi connectivity index (χ0n) is 17.4. The van der Waals surface area contributed by atoms with Crippen LogP contribution in [0.25, 0.3) is 6.08 Å². The second kappa shape index (κ2) is 8.26. The van der Waals surface area contributed by atoms with Crippen molar-refractivity contribution >= 4 is 40.9 Å². The average molecular weight is 445 g/mol. The first-order chi connectivity index (χ1) is 15.5. The molecule has 2 heterocycles. The highest BCUT2D eigenvalue weighted by Crippen LogP contribution is 2.41. The van der Waals surface area contributed by atoms with Crippen molar-refractivity contribution in [1.29, 1.82) is 0 Å². The molecule has 6 heteroatoms. The Kier molecular flexibility index (Phi) is 5.29. The summed E-state index contributed by atoms with van der Waals surface area (Å²) in [5.41, 5.74) is 3.31. The number of benzene rings is 3. The molecule has 0 aromatic heterocycles. The number of nitrogens with zero attached hydrogens (tertiary/aromatic N) is 2. The van der Waals surface area contributed by atoms with Crippen LogP contribution in [0.4, 0.5) is 11.4 Å². The molecule has 0 saturated carbocycles. The molecule has 3 atom stereocenters. The smallest absolute Gasteiger partial charge is 0.266 e. The quantitative estimate of drug-likeness (QED) is 0.529. The lowest BCUT2D eigenvalue weighted by Gasteiger charge is -2.26. The number of halogens is 1. The van der Waals surface area contributed by atoms with Crippen molar-refractivity contribution in [3.8, 4) is 0 Å². The summed E-state index contributed by atoms with van der Waals surface area (Å²) in [4.78, 5) is 34.1. The molecule has 3 unspecified atom stereocenters. The van der Waals surface area contributed by atoms with E-state index in [9.17, 15) is 9.59 Å². The Labute approximate surface area is 191 Å². The van der Waals surface area contributed by atoms with Crippen LogP contribution in [0.3, 0.4) is 0 Å². The molecule has 3 aromatic rings. The lowest BCUT2D eigenvalue weighted by atomic mass is 9.95. The van der Waals surface area contributed by atoms with E-state index < -0.39 is 18.1 Å². The monoisotopic (exact) mass is 444 g/mol. The number of imide groups is 1. The first-order valence-electron chi connectivity index (χ1n) is 10.4. The zero-order valence-corrected chi connectivity index (χ0v) is 18.1. The highest BCUT2D eigenvalue weighted by atomic mass is 35.5. The van der Waals surface area contributed by atoms with Gasteiger partial charge in [-0.25, -0.2) is 9.96 Å². The number of para-hydroxylation sites is 1. The number of carbonyl (C=O) groups excluding carboxylic acids is 2. The Morgan fingerprint density at radius 2 is 1.62 bits per heavy atom. The van der Waals surface area contributed by atoms with Crippen molar-refractivity contribution in [2.45, 2.75) is 19.1 Å². The van der Waals surface area contributed by atoms with E-state index in [4.69, 9.17) is 16.4 Å². The van der Waals surface area contributed by atoms with Gasteiger partial charge in [0.1, 0.15) is 5.92 Å². The van der Waals surface area contributed by atoms with E-state index in [1.54, 1.807) is 17.2 Å². The molecule has 2 saturated heterocycles. The van der Waals surface area contributed by atoms with Gasteiger partial charge in [-0.2, -0.15) is 0 Å². The predicted molar refractivity (Wildman–Crippen MR) is 125 cm³/mol. The lowest BCUT2D eigenvalue weighted by Crippen LogP contribution is -2.39. The second-order valence-electron chi connectivity index (χ2n) is 7.97. The second-order valence-corrected chi connectivity index (χ2v) is 8.40. The van der Waals surface area contributed by atoms with Gasteiger partial charge in [0.2, 0.25) is 5.91 Å². The number of hydrogen-bond donors (Lipinski definition) is 0. The van der Waals surface area contributed by atoms with E-state index in [0.29, 0.717) is 10.7 Å². The molecule has 2 amide bonds. The Balaban J connectivity index is 1.52. The first-order valence-corrected chi connectivity index (χ1v) is 10.8. The first kappa shape index (κ1) is 20.5. The van der Waals surface area contributed by atoms with Crippen LogP contribution in [0.2, 0.25) is 5.02 Å². The summed E-state index contributed by atoms with van der Waals surface area (Å²) in [6.07, 6.45) is 2.94. The van der Waals surface area contributed by atoms with Gasteiger partial charge in [0.25, 0.3) is 5.91 Å². The number of fused-ring (bicyclic) bond motifs is 1. The summed E-state index contributed by atoms with van der Waals surface area (Å²) in [6, 6.07) is 23.9. The highest BCUT2D eigenvalue weighted by molar-refractivity contribution is 6.30. The minimum atomic E-state index is -0.877. The van der Waals surface area contributed by atoms with Gasteiger partial charge in [-0.15, -0.1) is 0 Å². The average Bonchev–Trinajstić information content (AvgIpc) is 3.29. The van der Waals surface area contributed by atoms with E-state index in [1.807, 2.05) is 85.8 Å². The number of rotatable bonds is 4. The molecule has 0 N–H and O–H groups in total. The van der Waals surface area contributed by atoms with Crippen LogP contribution in [0, 0.1) is 12.8 Å². The Morgan fingerprint density at radius 3 is 2.34 bits per heavy atom. The number of hydrogen-bond acceptors (Lipinski definition) is 4. The zero-order chi connectivity index (χ0) is 22.2. The normalized spacial score (nSPS) is 22.8. The van der Waals surface area contributed by atoms with Crippen molar-refractivity contribution in [3.63, 3.8) is 0 Å². The molecule has 5 rings (SSSR count). The predicted octanol–water partition coefficient (Wildman–Crippen LogP) is 5.04. The van der Waals surface area contributed by atoms with Crippen molar-refractivity contribution in [2.75, 3.05) is 9.96 Å². The molecule has 5 nitrogen and oxygen atoms in total. The molecule has 32 heavy (non-hydrogen) atoms. The van der Waals surface area contributed by atoms with Crippen molar-refractivity contribution < 1.29 is 14.4 Å². The highest BCUT2D eigenvalue weighted by Gasteiger charge is 2.59. The summed E-state index contributed by atoms with van der Waals surface area (Å²) in [5, 5.41) is 2.30. The summed E-state index contributed by atoms with van der Waals surface area (Å²) in [5.74, 6) is -1.26. The SMILES string of the molecule is Cc1ccc(N2C(=O)C3ON(c4ccccc4)C(/C=C/c4cccc(Cl)c4)C3C2=O)cc1. The van der Waals surface area contributed by atoms with Gasteiger partial charge in [-0.3, -0.25) is 14.4 Å². The van der Waals surface area contributed by atoms with E-state index in [2.05, 4.69) is 0 Å². The summed E-state index contributed by atoms with van der Waals surface area (Å²) in [6.45, 7) is 1.96. The van der Waals surface area contributed by atoms with Crippen molar-refractivity contribution in [2.24, 2.45) is 5.92 Å². The van der Waals surface area contributed by atoms with E-state index in [0.717, 1.165) is 16.8 Å². The minimum Gasteiger partial charge on any atom is -0.273 e. The van der Waals surface area contributed by atoms with Gasteiger partial charge in [0.15, 0.2) is 6.10 Å². The van der Waals surface area contributed by atoms with Gasteiger partial charge >= 0.3 is 0 Å². The third kappa shape index (κ3) is 3.60. The van der Waals surface area contributed by atoms with Crippen LogP contribution in [-0.4, -0.2) is 24.0 Å². The van der Waals surface area contributed by atoms with Gasteiger partial charge in [0.05, 0.1) is 17.4 Å². The Hall–Kier alpha value is -3.41. The number of aryl methyl sites for hydroxylation is 1. The third-order valence-electron chi connectivity index (χ3n) is 5.80. The number of hydroxylamine groups is 1. The molecule has 0 bridgehead atoms. The van der Waals surface area contributed by atoms with Crippen LogP contribution in [0.15, 0.2) is 84.9 Å². The van der Waals surface area contributed by atoms with Crippen molar-refractivity contribution in [3.05, 3.63) is 101 Å². The number of anilines is 2. The maximum absolute atomic E-state index is 13.5. The molecule has 160 valence electrons. The maximum atomic E-state index is 13.5. The molecule has 2 aliphatic heterocycles. The van der Waals surface area contributed by atoms with Gasteiger partial charge in [-0.05, 0) is 48.9 Å². The third-order valence-corrected chi connectivity index (χ3v) is 6.03. The lowest BCUT2D eigenvalue weighted by molar-refractivity contribution is -0.126. The molecule has 0 spiro atoms. The number of amides is 2. The van der Waals surface area contributed by atoms with Crippen LogP contribution in [-0.2, 0) is 14.4 Å². The summed E-state index contributed by atoms with van der Waals surface area (Å²) < 4.78 is 0. The molecular formula is C26H21ClN2O3. The fourth-order valence-corrected chi connectivity index (χ4v) is 4.42. The molecule has 0 radical (unpaired) electrons. The van der Waals surface area contributed by atoms with E-state index >= 15 is 0 Å².